The molecule has 5 rings (SSSR count). The first kappa shape index (κ1) is 44.6. The highest BCUT2D eigenvalue weighted by atomic mass is 16.6. The van der Waals surface area contributed by atoms with E-state index in [1.54, 1.807) is 53.9 Å². The van der Waals surface area contributed by atoms with E-state index in [0.29, 0.717) is 53.5 Å². The molecule has 3 amide bonds. The van der Waals surface area contributed by atoms with Gasteiger partial charge < -0.3 is 34.9 Å². The van der Waals surface area contributed by atoms with Crippen LogP contribution in [0.1, 0.15) is 92.9 Å². The summed E-state index contributed by atoms with van der Waals surface area (Å²) >= 11 is 0. The van der Waals surface area contributed by atoms with Gasteiger partial charge in [0.05, 0.1) is 30.8 Å². The average molecular weight is 813 g/mol. The Hall–Kier alpha value is -5.46. The number of fused-ring (bicyclic) bond motifs is 1. The van der Waals surface area contributed by atoms with Gasteiger partial charge in [-0.2, -0.15) is 0 Å². The molecule has 1 heterocycles. The van der Waals surface area contributed by atoms with Crippen LogP contribution in [0.5, 0.6) is 11.5 Å². The monoisotopic (exact) mass is 812 g/mol. The number of esters is 2. The van der Waals surface area contributed by atoms with Crippen LogP contribution in [0, 0.1) is 17.8 Å². The predicted octanol–water partition coefficient (Wildman–Crippen LogP) is 6.61. The van der Waals surface area contributed by atoms with Crippen LogP contribution >= 0.6 is 0 Å². The second kappa shape index (κ2) is 20.5. The first-order valence-corrected chi connectivity index (χ1v) is 20.9. The molecule has 3 aromatic rings. The average Bonchev–Trinajstić information content (AvgIpc) is 3.64. The van der Waals surface area contributed by atoms with Gasteiger partial charge in [-0.15, -0.1) is 0 Å². The van der Waals surface area contributed by atoms with Gasteiger partial charge in [0, 0.05) is 35.1 Å². The number of hydrogen-bond donors (Lipinski definition) is 3. The van der Waals surface area contributed by atoms with Crippen LogP contribution in [0.3, 0.4) is 0 Å². The number of benzene rings is 2. The third kappa shape index (κ3) is 12.5. The molecule has 2 aromatic carbocycles. The highest BCUT2D eigenvalue weighted by Gasteiger charge is 2.40. The highest BCUT2D eigenvalue weighted by Crippen LogP contribution is 2.36. The normalized spacial score (nSPS) is 18.0. The summed E-state index contributed by atoms with van der Waals surface area (Å²) < 4.78 is 23.2. The minimum atomic E-state index is -1.05. The quantitative estimate of drug-likeness (QED) is 0.126. The summed E-state index contributed by atoms with van der Waals surface area (Å²) in [6.45, 7) is 10.7. The molecule has 1 fully saturated rings. The van der Waals surface area contributed by atoms with E-state index in [-0.39, 0.29) is 24.5 Å². The maximum absolute atomic E-state index is 14.2. The van der Waals surface area contributed by atoms with E-state index in [0.717, 1.165) is 31.2 Å². The van der Waals surface area contributed by atoms with Crippen molar-refractivity contribution >= 4 is 40.6 Å². The van der Waals surface area contributed by atoms with Crippen LogP contribution in [-0.2, 0) is 33.4 Å². The van der Waals surface area contributed by atoms with E-state index in [9.17, 15) is 24.0 Å². The number of nitrogens with one attached hydrogen (secondary N) is 3. The molecule has 318 valence electrons. The fraction of sp³-hybridized carbons (Fsp3) is 0.522. The van der Waals surface area contributed by atoms with Crippen LogP contribution < -0.4 is 25.4 Å². The third-order valence-corrected chi connectivity index (χ3v) is 10.5. The Bertz CT molecular complexity index is 1990. The second-order valence-corrected chi connectivity index (χ2v) is 16.8. The van der Waals surface area contributed by atoms with Crippen molar-refractivity contribution in [3.63, 3.8) is 0 Å². The number of ether oxygens (including phenoxy) is 4. The summed E-state index contributed by atoms with van der Waals surface area (Å²) in [7, 11) is 1.58. The van der Waals surface area contributed by atoms with Crippen LogP contribution in [-0.4, -0.2) is 78.7 Å². The highest BCUT2D eigenvalue weighted by molar-refractivity contribution is 6.03. The van der Waals surface area contributed by atoms with E-state index in [2.05, 4.69) is 16.0 Å². The number of methoxy groups -OCH3 is 1. The molecule has 0 spiro atoms. The SMILES string of the molecule is CCC[C@H](NC(=O)[C@H]1C[C@H](Oc2cc(-c3ccccc3)nc3cc(OC)ccc23)C=C1C(=O)N[C@H](C(=O)NCC(=O)OCC1CCCCC1)C(C)C)C(=O)OC(C)(C)C. The number of nitrogens with zero attached hydrogens (tertiary/aromatic N) is 1. The smallest absolute Gasteiger partial charge is 0.329 e. The maximum Gasteiger partial charge on any atom is 0.329 e. The number of aromatic nitrogens is 1. The lowest BCUT2D eigenvalue weighted by molar-refractivity contribution is -0.159. The molecule has 0 saturated heterocycles. The summed E-state index contributed by atoms with van der Waals surface area (Å²) in [6, 6.07) is 14.9. The van der Waals surface area contributed by atoms with Gasteiger partial charge in [-0.25, -0.2) is 9.78 Å². The number of amides is 3. The Balaban J connectivity index is 1.40. The largest absolute Gasteiger partial charge is 0.497 e. The van der Waals surface area contributed by atoms with Crippen molar-refractivity contribution in [1.82, 2.24) is 20.9 Å². The Kier molecular flexibility index (Phi) is 15.5. The first-order valence-electron chi connectivity index (χ1n) is 20.9. The van der Waals surface area contributed by atoms with Crippen LogP contribution in [0.25, 0.3) is 22.2 Å². The molecule has 0 radical (unpaired) electrons. The van der Waals surface area contributed by atoms with Crippen LogP contribution in [0.4, 0.5) is 0 Å². The van der Waals surface area contributed by atoms with Crippen LogP contribution in [0.15, 0.2) is 66.2 Å². The molecule has 59 heavy (non-hydrogen) atoms. The van der Waals surface area contributed by atoms with Crippen molar-refractivity contribution < 1.29 is 42.9 Å². The molecule has 13 nitrogen and oxygen atoms in total. The van der Waals surface area contributed by atoms with E-state index in [4.69, 9.17) is 23.9 Å². The molecule has 0 aliphatic heterocycles. The van der Waals surface area contributed by atoms with Gasteiger partial charge in [0.15, 0.2) is 0 Å². The molecule has 1 saturated carbocycles. The van der Waals surface area contributed by atoms with E-state index >= 15 is 0 Å². The number of hydrogen-bond acceptors (Lipinski definition) is 10. The summed E-state index contributed by atoms with van der Waals surface area (Å²) in [5.41, 5.74) is 1.44. The predicted molar refractivity (Wildman–Crippen MR) is 224 cm³/mol. The van der Waals surface area contributed by atoms with Crippen molar-refractivity contribution in [3.05, 3.63) is 66.2 Å². The first-order chi connectivity index (χ1) is 28.1. The lowest BCUT2D eigenvalue weighted by Gasteiger charge is -2.26. The zero-order chi connectivity index (χ0) is 42.7. The number of pyridine rings is 1. The lowest BCUT2D eigenvalue weighted by atomic mass is 9.90. The van der Waals surface area contributed by atoms with E-state index in [1.807, 2.05) is 55.5 Å². The van der Waals surface area contributed by atoms with Gasteiger partial charge >= 0.3 is 11.9 Å². The molecule has 2 aliphatic rings. The Morgan fingerprint density at radius 1 is 0.932 bits per heavy atom. The molecule has 1 aromatic heterocycles. The minimum Gasteiger partial charge on any atom is -0.497 e. The van der Waals surface area contributed by atoms with Crippen molar-refractivity contribution in [2.45, 2.75) is 117 Å². The topological polar surface area (TPSA) is 171 Å². The number of rotatable bonds is 17. The van der Waals surface area contributed by atoms with Gasteiger partial charge in [0.25, 0.3) is 0 Å². The van der Waals surface area contributed by atoms with Gasteiger partial charge in [-0.1, -0.05) is 76.8 Å². The van der Waals surface area contributed by atoms with Crippen molar-refractivity contribution in [1.29, 1.82) is 0 Å². The maximum atomic E-state index is 14.2. The standard InChI is InChI=1S/C46H60N4O9/c1-8-15-36(45(55)59-46(4,5)6)49-42(52)34-22-32(58-39-25-37(30-18-13-10-14-19-30)48-38-24-31(56-7)20-21-33(38)39)23-35(34)43(53)50-41(28(2)3)44(54)47-26-40(51)57-27-29-16-11-9-12-17-29/h10,13-14,18-21,23-25,28-29,32,34,36,41H,8-9,11-12,15-17,22,26-27H2,1-7H3,(H,47,54)(H,49,52)(H,50,53)/t32-,34-,36-,41-/m0/s1. The second-order valence-electron chi connectivity index (χ2n) is 16.8. The summed E-state index contributed by atoms with van der Waals surface area (Å²) in [4.78, 5) is 72.6. The van der Waals surface area contributed by atoms with Gasteiger partial charge in [0.1, 0.15) is 41.8 Å². The van der Waals surface area contributed by atoms with Gasteiger partial charge in [0.2, 0.25) is 17.7 Å². The van der Waals surface area contributed by atoms with E-state index < -0.39 is 59.4 Å². The summed E-state index contributed by atoms with van der Waals surface area (Å²) in [5.74, 6) is -2.88. The zero-order valence-corrected chi connectivity index (χ0v) is 35.4. The lowest BCUT2D eigenvalue weighted by Crippen LogP contribution is -2.52. The molecule has 0 unspecified atom stereocenters. The molecular formula is C46H60N4O9. The van der Waals surface area contributed by atoms with Gasteiger partial charge in [-0.3, -0.25) is 19.2 Å². The van der Waals surface area contributed by atoms with Crippen molar-refractivity contribution in [3.8, 4) is 22.8 Å². The molecule has 2 aliphatic carbocycles. The molecule has 13 heteroatoms. The minimum absolute atomic E-state index is 0.0633. The number of carbonyl (C=O) groups is 5. The molecule has 4 atom stereocenters. The summed E-state index contributed by atoms with van der Waals surface area (Å²) in [5, 5.41) is 8.98. The Morgan fingerprint density at radius 3 is 2.32 bits per heavy atom. The van der Waals surface area contributed by atoms with Gasteiger partial charge in [-0.05, 0) is 70.1 Å². The number of carbonyl (C=O) groups excluding carboxylic acids is 5. The summed E-state index contributed by atoms with van der Waals surface area (Å²) in [6.07, 6.45) is 7.28. The molecule has 0 bridgehead atoms. The fourth-order valence-corrected chi connectivity index (χ4v) is 7.46. The van der Waals surface area contributed by atoms with Crippen molar-refractivity contribution in [2.75, 3.05) is 20.3 Å². The Labute approximate surface area is 347 Å². The fourth-order valence-electron chi connectivity index (χ4n) is 7.46. The van der Waals surface area contributed by atoms with Crippen molar-refractivity contribution in [2.24, 2.45) is 17.8 Å². The van der Waals surface area contributed by atoms with E-state index in [1.165, 1.54) is 6.42 Å². The third-order valence-electron chi connectivity index (χ3n) is 10.5. The van der Waals surface area contributed by atoms with Crippen LogP contribution in [0.2, 0.25) is 0 Å². The molecule has 3 N–H and O–H groups in total. The molecular weight excluding hydrogens is 753 g/mol. The Morgan fingerprint density at radius 2 is 1.66 bits per heavy atom. The zero-order valence-electron chi connectivity index (χ0n) is 35.4.